The average Bonchev–Trinajstić information content (AvgIpc) is 1.81. The van der Waals surface area contributed by atoms with E-state index in [1.54, 1.807) is 0 Å². The fraction of sp³-hybridized carbons (Fsp3) is 1.00. The summed E-state index contributed by atoms with van der Waals surface area (Å²) in [5, 5.41) is 0. The predicted molar refractivity (Wildman–Crippen MR) is 67.4 cm³/mol. The van der Waals surface area contributed by atoms with Crippen molar-refractivity contribution in [3.63, 3.8) is 0 Å². The minimum atomic E-state index is -0.275. The van der Waals surface area contributed by atoms with Crippen LogP contribution in [0.3, 0.4) is 0 Å². The van der Waals surface area contributed by atoms with Gasteiger partial charge in [0.1, 0.15) is 0 Å². The van der Waals surface area contributed by atoms with E-state index < -0.39 is 0 Å². The Balaban J connectivity index is 5.30. The van der Waals surface area contributed by atoms with Crippen molar-refractivity contribution >= 4 is 23.2 Å². The van der Waals surface area contributed by atoms with Crippen molar-refractivity contribution in [3.8, 4) is 0 Å². The molecule has 0 atom stereocenters. The van der Waals surface area contributed by atoms with Crippen molar-refractivity contribution < 1.29 is 0 Å². The third kappa shape index (κ3) is 2.22. The van der Waals surface area contributed by atoms with Gasteiger partial charge < -0.3 is 0 Å². The molecular weight excluding hydrogens is 215 g/mol. The maximum atomic E-state index is 6.46. The third-order valence-corrected chi connectivity index (χ3v) is 5.48. The van der Waals surface area contributed by atoms with Gasteiger partial charge in [0.05, 0.1) is 0 Å². The Morgan fingerprint density at radius 2 is 0.643 bits per heavy atom. The second-order valence-corrected chi connectivity index (χ2v) is 8.08. The number of rotatable bonds is 3. The molecular formula is C12H24Cl2. The van der Waals surface area contributed by atoms with E-state index in [0.29, 0.717) is 0 Å². The fourth-order valence-electron chi connectivity index (χ4n) is 1.49. The maximum Gasteiger partial charge on any atom is 0.0447 e. The lowest BCUT2D eigenvalue weighted by Crippen LogP contribution is -2.53. The zero-order chi connectivity index (χ0) is 12.0. The molecule has 86 valence electrons. The number of halogens is 2. The van der Waals surface area contributed by atoms with Crippen LogP contribution in [0.1, 0.15) is 55.4 Å². The van der Waals surface area contributed by atoms with Crippen LogP contribution in [0.15, 0.2) is 0 Å². The van der Waals surface area contributed by atoms with Crippen LogP contribution in [0.2, 0.25) is 0 Å². The summed E-state index contributed by atoms with van der Waals surface area (Å²) in [6.07, 6.45) is 0. The standard InChI is InChI=1S/C12H24Cl2/c1-9(2,11(5,6)13)10(3,4)12(7,8)14/h1-8H3. The largest absolute Gasteiger partial charge is 0.119 e. The molecule has 0 spiro atoms. The van der Waals surface area contributed by atoms with Crippen molar-refractivity contribution in [2.75, 3.05) is 0 Å². The molecule has 0 aliphatic heterocycles. The van der Waals surface area contributed by atoms with Gasteiger partial charge in [-0.1, -0.05) is 27.7 Å². The second-order valence-electron chi connectivity index (χ2n) is 6.19. The Morgan fingerprint density at radius 3 is 0.714 bits per heavy atom. The van der Waals surface area contributed by atoms with Crippen molar-refractivity contribution in [3.05, 3.63) is 0 Å². The minimum Gasteiger partial charge on any atom is -0.119 e. The SMILES string of the molecule is CC(C)(Cl)C(C)(C)C(C)(C)C(C)(C)Cl. The molecule has 0 radical (unpaired) electrons. The first-order valence-electron chi connectivity index (χ1n) is 5.13. The summed E-state index contributed by atoms with van der Waals surface area (Å²) >= 11 is 12.9. The van der Waals surface area contributed by atoms with Gasteiger partial charge in [0.15, 0.2) is 0 Å². The van der Waals surface area contributed by atoms with Crippen molar-refractivity contribution in [1.29, 1.82) is 0 Å². The normalized spacial score (nSPS) is 15.9. The summed E-state index contributed by atoms with van der Waals surface area (Å²) in [4.78, 5) is -0.550. The van der Waals surface area contributed by atoms with Gasteiger partial charge in [-0.15, -0.1) is 23.2 Å². The molecule has 0 saturated carbocycles. The molecule has 14 heavy (non-hydrogen) atoms. The van der Waals surface area contributed by atoms with Gasteiger partial charge in [0.2, 0.25) is 0 Å². The highest BCUT2D eigenvalue weighted by atomic mass is 35.5. The lowest BCUT2D eigenvalue weighted by Gasteiger charge is -2.54. The van der Waals surface area contributed by atoms with Gasteiger partial charge in [0, 0.05) is 9.75 Å². The van der Waals surface area contributed by atoms with Crippen LogP contribution >= 0.6 is 23.2 Å². The average molecular weight is 239 g/mol. The summed E-state index contributed by atoms with van der Waals surface area (Å²) in [6, 6.07) is 0. The van der Waals surface area contributed by atoms with Gasteiger partial charge in [-0.25, -0.2) is 0 Å². The van der Waals surface area contributed by atoms with Crippen LogP contribution < -0.4 is 0 Å². The quantitative estimate of drug-likeness (QED) is 0.603. The first-order chi connectivity index (χ1) is 5.75. The highest BCUT2D eigenvalue weighted by molar-refractivity contribution is 6.25. The summed E-state index contributed by atoms with van der Waals surface area (Å²) in [7, 11) is 0. The molecule has 0 aliphatic rings. The summed E-state index contributed by atoms with van der Waals surface area (Å²) in [5.41, 5.74) is -0.0976. The van der Waals surface area contributed by atoms with Crippen molar-refractivity contribution in [2.45, 2.75) is 65.1 Å². The molecule has 0 aliphatic carbocycles. The van der Waals surface area contributed by atoms with E-state index in [0.717, 1.165) is 0 Å². The van der Waals surface area contributed by atoms with Gasteiger partial charge in [-0.05, 0) is 38.5 Å². The fourth-order valence-corrected chi connectivity index (χ4v) is 1.96. The third-order valence-electron chi connectivity index (χ3n) is 4.53. The number of hydrogen-bond donors (Lipinski definition) is 0. The first kappa shape index (κ1) is 14.6. The van der Waals surface area contributed by atoms with Crippen molar-refractivity contribution in [2.24, 2.45) is 10.8 Å². The molecule has 0 aromatic carbocycles. The molecule has 0 aromatic rings. The zero-order valence-corrected chi connectivity index (χ0v) is 12.3. The smallest absolute Gasteiger partial charge is 0.0447 e. The van der Waals surface area contributed by atoms with Gasteiger partial charge in [0.25, 0.3) is 0 Å². The lowest BCUT2D eigenvalue weighted by molar-refractivity contribution is 0.0388. The van der Waals surface area contributed by atoms with Crippen LogP contribution in [0.25, 0.3) is 0 Å². The molecule has 0 rings (SSSR count). The minimum absolute atomic E-state index is 0.0488. The second kappa shape index (κ2) is 3.56. The monoisotopic (exact) mass is 238 g/mol. The Hall–Kier alpha value is 0.580. The van der Waals surface area contributed by atoms with Gasteiger partial charge in [-0.2, -0.15) is 0 Å². The first-order valence-corrected chi connectivity index (χ1v) is 5.88. The summed E-state index contributed by atoms with van der Waals surface area (Å²) in [5.74, 6) is 0. The molecule has 0 fully saturated rings. The Labute approximate surface area is 99.4 Å². The van der Waals surface area contributed by atoms with Crippen LogP contribution in [0.5, 0.6) is 0 Å². The molecule has 0 bridgehead atoms. The highest BCUT2D eigenvalue weighted by Gasteiger charge is 2.53. The molecule has 0 nitrogen and oxygen atoms in total. The molecule has 0 amide bonds. The van der Waals surface area contributed by atoms with E-state index in [4.69, 9.17) is 23.2 Å². The number of hydrogen-bond acceptors (Lipinski definition) is 0. The number of alkyl halides is 2. The molecule has 0 heterocycles. The summed E-state index contributed by atoms with van der Waals surface area (Å²) < 4.78 is 0. The molecule has 0 unspecified atom stereocenters. The molecule has 0 aromatic heterocycles. The zero-order valence-electron chi connectivity index (χ0n) is 10.8. The van der Waals surface area contributed by atoms with E-state index in [1.807, 2.05) is 0 Å². The van der Waals surface area contributed by atoms with E-state index in [-0.39, 0.29) is 20.6 Å². The van der Waals surface area contributed by atoms with E-state index in [1.165, 1.54) is 0 Å². The highest BCUT2D eigenvalue weighted by Crippen LogP contribution is 2.56. The van der Waals surface area contributed by atoms with E-state index in [2.05, 4.69) is 55.4 Å². The van der Waals surface area contributed by atoms with Crippen LogP contribution in [0, 0.1) is 10.8 Å². The van der Waals surface area contributed by atoms with E-state index >= 15 is 0 Å². The van der Waals surface area contributed by atoms with Gasteiger partial charge >= 0.3 is 0 Å². The van der Waals surface area contributed by atoms with E-state index in [9.17, 15) is 0 Å². The van der Waals surface area contributed by atoms with Crippen LogP contribution in [-0.4, -0.2) is 9.75 Å². The Morgan fingerprint density at radius 1 is 0.500 bits per heavy atom. The molecule has 0 N–H and O–H groups in total. The Bertz CT molecular complexity index is 177. The van der Waals surface area contributed by atoms with Gasteiger partial charge in [-0.3, -0.25) is 0 Å². The Kier molecular flexibility index (Phi) is 3.70. The van der Waals surface area contributed by atoms with Crippen LogP contribution in [0.4, 0.5) is 0 Å². The van der Waals surface area contributed by atoms with Crippen molar-refractivity contribution in [1.82, 2.24) is 0 Å². The topological polar surface area (TPSA) is 0 Å². The lowest BCUT2D eigenvalue weighted by atomic mass is 9.57. The molecule has 0 saturated heterocycles. The van der Waals surface area contributed by atoms with Crippen LogP contribution in [-0.2, 0) is 0 Å². The summed E-state index contributed by atoms with van der Waals surface area (Å²) in [6.45, 7) is 17.0. The molecule has 2 heteroatoms. The maximum absolute atomic E-state index is 6.46. The predicted octanol–water partition coefficient (Wildman–Crippen LogP) is 5.07.